The average Bonchev–Trinajstić information content (AvgIpc) is 2.61. The lowest BCUT2D eigenvalue weighted by atomic mass is 10.2. The molecular formula is C17H14Cl2N2O5. The van der Waals surface area contributed by atoms with E-state index in [0.717, 1.165) is 0 Å². The third kappa shape index (κ3) is 5.94. The van der Waals surface area contributed by atoms with Crippen molar-refractivity contribution in [3.05, 3.63) is 58.1 Å². The first-order valence-electron chi connectivity index (χ1n) is 7.28. The van der Waals surface area contributed by atoms with Crippen LogP contribution in [-0.2, 0) is 14.3 Å². The lowest BCUT2D eigenvalue weighted by Crippen LogP contribution is -2.21. The minimum absolute atomic E-state index is 0.221. The van der Waals surface area contributed by atoms with Gasteiger partial charge in [0.05, 0.1) is 15.6 Å². The van der Waals surface area contributed by atoms with Gasteiger partial charge in [0.1, 0.15) is 5.75 Å². The second-order valence-corrected chi connectivity index (χ2v) is 5.85. The van der Waals surface area contributed by atoms with E-state index < -0.39 is 24.4 Å². The Hall–Kier alpha value is -2.77. The monoisotopic (exact) mass is 396 g/mol. The van der Waals surface area contributed by atoms with E-state index in [4.69, 9.17) is 38.4 Å². The number of hydrogen-bond donors (Lipinski definition) is 2. The molecule has 0 aliphatic rings. The number of primary amides is 1. The lowest BCUT2D eigenvalue weighted by Gasteiger charge is -2.08. The number of rotatable bonds is 7. The number of anilines is 1. The zero-order valence-corrected chi connectivity index (χ0v) is 14.8. The number of halogens is 2. The summed E-state index contributed by atoms with van der Waals surface area (Å²) in [6.45, 7) is -0.738. The zero-order chi connectivity index (χ0) is 19.1. The van der Waals surface area contributed by atoms with Gasteiger partial charge >= 0.3 is 5.97 Å². The predicted molar refractivity (Wildman–Crippen MR) is 96.5 cm³/mol. The molecule has 0 atom stereocenters. The number of nitrogens with two attached hydrogens (primary N) is 1. The van der Waals surface area contributed by atoms with Crippen LogP contribution in [0.1, 0.15) is 10.4 Å². The van der Waals surface area contributed by atoms with E-state index in [1.54, 1.807) is 6.07 Å². The maximum Gasteiger partial charge on any atom is 0.338 e. The van der Waals surface area contributed by atoms with Crippen molar-refractivity contribution in [1.82, 2.24) is 0 Å². The van der Waals surface area contributed by atoms with E-state index in [-0.39, 0.29) is 12.2 Å². The van der Waals surface area contributed by atoms with E-state index in [2.05, 4.69) is 5.32 Å². The van der Waals surface area contributed by atoms with Crippen LogP contribution >= 0.6 is 23.2 Å². The summed E-state index contributed by atoms with van der Waals surface area (Å²) in [6.07, 6.45) is 0. The maximum atomic E-state index is 11.9. The third-order valence-electron chi connectivity index (χ3n) is 3.01. The summed E-state index contributed by atoms with van der Waals surface area (Å²) in [5.41, 5.74) is 5.62. The van der Waals surface area contributed by atoms with E-state index in [1.807, 2.05) is 0 Å². The Morgan fingerprint density at radius 3 is 2.27 bits per heavy atom. The van der Waals surface area contributed by atoms with Crippen LogP contribution in [0.15, 0.2) is 42.5 Å². The molecule has 0 saturated heterocycles. The average molecular weight is 397 g/mol. The zero-order valence-electron chi connectivity index (χ0n) is 13.3. The Morgan fingerprint density at radius 2 is 1.65 bits per heavy atom. The van der Waals surface area contributed by atoms with Crippen molar-refractivity contribution in [2.24, 2.45) is 5.73 Å². The Morgan fingerprint density at radius 1 is 0.962 bits per heavy atom. The molecule has 26 heavy (non-hydrogen) atoms. The van der Waals surface area contributed by atoms with Crippen molar-refractivity contribution in [2.75, 3.05) is 18.5 Å². The summed E-state index contributed by atoms with van der Waals surface area (Å²) < 4.78 is 10.0. The van der Waals surface area contributed by atoms with Gasteiger partial charge < -0.3 is 20.5 Å². The molecule has 136 valence electrons. The molecule has 2 aromatic rings. The highest BCUT2D eigenvalue weighted by Gasteiger charge is 2.11. The highest BCUT2D eigenvalue weighted by atomic mass is 35.5. The van der Waals surface area contributed by atoms with Gasteiger partial charge in [0.15, 0.2) is 13.2 Å². The highest BCUT2D eigenvalue weighted by Crippen LogP contribution is 2.24. The molecule has 0 radical (unpaired) electrons. The minimum atomic E-state index is -0.685. The molecule has 0 aliphatic carbocycles. The molecule has 0 fully saturated rings. The Labute approximate surface area is 159 Å². The Kier molecular flexibility index (Phi) is 6.82. The SMILES string of the molecule is NC(=O)COc1ccc(C(=O)OCC(=O)Nc2ccc(Cl)c(Cl)c2)cc1. The maximum absolute atomic E-state index is 11.9. The fraction of sp³-hybridized carbons (Fsp3) is 0.118. The number of benzene rings is 2. The van der Waals surface area contributed by atoms with E-state index in [9.17, 15) is 14.4 Å². The molecule has 2 aromatic carbocycles. The van der Waals surface area contributed by atoms with Gasteiger partial charge in [-0.3, -0.25) is 9.59 Å². The van der Waals surface area contributed by atoms with E-state index in [0.29, 0.717) is 21.5 Å². The highest BCUT2D eigenvalue weighted by molar-refractivity contribution is 6.42. The van der Waals surface area contributed by atoms with Crippen LogP contribution in [0.2, 0.25) is 10.0 Å². The van der Waals surface area contributed by atoms with Crippen LogP contribution in [0.4, 0.5) is 5.69 Å². The molecule has 0 heterocycles. The first kappa shape index (κ1) is 19.6. The number of amides is 2. The minimum Gasteiger partial charge on any atom is -0.484 e. The van der Waals surface area contributed by atoms with Gasteiger partial charge in [-0.15, -0.1) is 0 Å². The summed E-state index contributed by atoms with van der Waals surface area (Å²) >= 11 is 11.6. The normalized spacial score (nSPS) is 10.1. The van der Waals surface area contributed by atoms with Gasteiger partial charge in [-0.2, -0.15) is 0 Å². The van der Waals surface area contributed by atoms with Crippen molar-refractivity contribution in [2.45, 2.75) is 0 Å². The third-order valence-corrected chi connectivity index (χ3v) is 3.75. The Bertz CT molecular complexity index is 824. The van der Waals surface area contributed by atoms with Gasteiger partial charge in [0, 0.05) is 5.69 Å². The summed E-state index contributed by atoms with van der Waals surface area (Å²) in [4.78, 5) is 34.4. The number of nitrogens with one attached hydrogen (secondary N) is 1. The lowest BCUT2D eigenvalue weighted by molar-refractivity contribution is -0.120. The molecule has 9 heteroatoms. The molecule has 0 saturated carbocycles. The number of hydrogen-bond acceptors (Lipinski definition) is 5. The number of carbonyl (C=O) groups is 3. The number of esters is 1. The largest absolute Gasteiger partial charge is 0.484 e. The molecule has 3 N–H and O–H groups in total. The molecule has 2 amide bonds. The molecule has 2 rings (SSSR count). The summed E-state index contributed by atoms with van der Waals surface area (Å²) in [5.74, 6) is -1.45. The topological polar surface area (TPSA) is 108 Å². The van der Waals surface area contributed by atoms with Crippen LogP contribution in [0.3, 0.4) is 0 Å². The van der Waals surface area contributed by atoms with Gasteiger partial charge in [0.2, 0.25) is 0 Å². The van der Waals surface area contributed by atoms with Crippen molar-refractivity contribution < 1.29 is 23.9 Å². The quantitative estimate of drug-likeness (QED) is 0.699. The molecule has 0 bridgehead atoms. The number of ether oxygens (including phenoxy) is 2. The number of carbonyl (C=O) groups excluding carboxylic acids is 3. The Balaban J connectivity index is 1.84. The summed E-state index contributed by atoms with van der Waals surface area (Å²) in [7, 11) is 0. The van der Waals surface area contributed by atoms with E-state index in [1.165, 1.54) is 36.4 Å². The standard InChI is InChI=1S/C17H14Cl2N2O5/c18-13-6-3-11(7-14(13)19)21-16(23)9-26-17(24)10-1-4-12(5-2-10)25-8-15(20)22/h1-7H,8-9H2,(H2,20,22)(H,21,23). The van der Waals surface area contributed by atoms with Gasteiger partial charge in [0.25, 0.3) is 11.8 Å². The molecule has 0 aromatic heterocycles. The first-order valence-corrected chi connectivity index (χ1v) is 8.04. The van der Waals surface area contributed by atoms with Gasteiger partial charge in [-0.05, 0) is 42.5 Å². The second-order valence-electron chi connectivity index (χ2n) is 5.03. The molecule has 0 unspecified atom stereocenters. The van der Waals surface area contributed by atoms with Crippen LogP contribution < -0.4 is 15.8 Å². The van der Waals surface area contributed by atoms with Crippen molar-refractivity contribution in [3.8, 4) is 5.75 Å². The first-order chi connectivity index (χ1) is 12.3. The van der Waals surface area contributed by atoms with Crippen molar-refractivity contribution >= 4 is 46.7 Å². The summed E-state index contributed by atoms with van der Waals surface area (Å²) in [6, 6.07) is 10.4. The van der Waals surface area contributed by atoms with Gasteiger partial charge in [-0.1, -0.05) is 23.2 Å². The van der Waals surface area contributed by atoms with Crippen molar-refractivity contribution in [3.63, 3.8) is 0 Å². The van der Waals surface area contributed by atoms with Crippen LogP contribution in [0.5, 0.6) is 5.75 Å². The molecule has 0 spiro atoms. The van der Waals surface area contributed by atoms with Crippen molar-refractivity contribution in [1.29, 1.82) is 0 Å². The molecular weight excluding hydrogens is 383 g/mol. The molecule has 7 nitrogen and oxygen atoms in total. The second kappa shape index (κ2) is 9.07. The smallest absolute Gasteiger partial charge is 0.338 e. The fourth-order valence-corrected chi connectivity index (χ4v) is 2.13. The summed E-state index contributed by atoms with van der Waals surface area (Å²) in [5, 5.41) is 3.18. The van der Waals surface area contributed by atoms with E-state index >= 15 is 0 Å². The van der Waals surface area contributed by atoms with Gasteiger partial charge in [-0.25, -0.2) is 4.79 Å². The van der Waals surface area contributed by atoms with Crippen LogP contribution in [0.25, 0.3) is 0 Å². The van der Waals surface area contributed by atoms with Crippen LogP contribution in [-0.4, -0.2) is 31.0 Å². The molecule has 0 aliphatic heterocycles. The van der Waals surface area contributed by atoms with Crippen LogP contribution in [0, 0.1) is 0 Å². The predicted octanol–water partition coefficient (Wildman–Crippen LogP) is 2.65. The fourth-order valence-electron chi connectivity index (χ4n) is 1.83.